The second-order valence-corrected chi connectivity index (χ2v) is 7.33. The number of nitrogens with zero attached hydrogens (tertiary/aromatic N) is 2. The van der Waals surface area contributed by atoms with Crippen LogP contribution in [-0.2, 0) is 4.74 Å². The van der Waals surface area contributed by atoms with Crippen molar-refractivity contribution in [2.24, 2.45) is 0 Å². The summed E-state index contributed by atoms with van der Waals surface area (Å²) in [6.07, 6.45) is 1.64. The van der Waals surface area contributed by atoms with Gasteiger partial charge in [0.25, 0.3) is 5.91 Å². The molecule has 3 heterocycles. The Balaban J connectivity index is 1.58. The standard InChI is InChI=1S/C20H20BrN3O4/c1-12-14-4-3-5-16(26-2)18(14)28-17(12)20(25)23-13-10-15(21)19(22-11-13)24-6-8-27-9-7-24/h3-5,10-11H,6-9H2,1-2H3,(H,23,25). The van der Waals surface area contributed by atoms with Crippen molar-refractivity contribution >= 4 is 44.3 Å². The van der Waals surface area contributed by atoms with Crippen LogP contribution < -0.4 is 15.0 Å². The van der Waals surface area contributed by atoms with E-state index < -0.39 is 0 Å². The van der Waals surface area contributed by atoms with Gasteiger partial charge in [-0.15, -0.1) is 0 Å². The summed E-state index contributed by atoms with van der Waals surface area (Å²) in [5.74, 6) is 1.36. The summed E-state index contributed by atoms with van der Waals surface area (Å²) in [5.41, 5.74) is 1.92. The first kappa shape index (κ1) is 18.8. The number of hydrogen-bond donors (Lipinski definition) is 1. The maximum absolute atomic E-state index is 12.8. The number of carbonyl (C=O) groups is 1. The van der Waals surface area contributed by atoms with Crippen LogP contribution in [-0.4, -0.2) is 44.3 Å². The number of morpholine rings is 1. The van der Waals surface area contributed by atoms with Crippen molar-refractivity contribution in [3.63, 3.8) is 0 Å². The van der Waals surface area contributed by atoms with Gasteiger partial charge in [-0.1, -0.05) is 12.1 Å². The zero-order valence-corrected chi connectivity index (χ0v) is 17.2. The molecule has 1 N–H and O–H groups in total. The molecule has 0 unspecified atom stereocenters. The molecule has 1 aromatic carbocycles. The smallest absolute Gasteiger partial charge is 0.291 e. The molecule has 0 radical (unpaired) electrons. The van der Waals surface area contributed by atoms with Crippen molar-refractivity contribution in [1.29, 1.82) is 0 Å². The summed E-state index contributed by atoms with van der Waals surface area (Å²) in [6, 6.07) is 7.42. The number of anilines is 2. The highest BCUT2D eigenvalue weighted by molar-refractivity contribution is 9.10. The number of aryl methyl sites for hydroxylation is 1. The number of nitrogens with one attached hydrogen (secondary N) is 1. The van der Waals surface area contributed by atoms with Crippen LogP contribution in [0.25, 0.3) is 11.0 Å². The van der Waals surface area contributed by atoms with Crippen LogP contribution in [0.15, 0.2) is 39.4 Å². The minimum atomic E-state index is -0.330. The van der Waals surface area contributed by atoms with Crippen molar-refractivity contribution in [2.75, 3.05) is 43.6 Å². The summed E-state index contributed by atoms with van der Waals surface area (Å²) in [6.45, 7) is 4.80. The third-order valence-electron chi connectivity index (χ3n) is 4.74. The third-order valence-corrected chi connectivity index (χ3v) is 5.33. The highest BCUT2D eigenvalue weighted by Gasteiger charge is 2.21. The molecule has 1 amide bonds. The molecule has 1 aliphatic rings. The van der Waals surface area contributed by atoms with Gasteiger partial charge in [-0.3, -0.25) is 4.79 Å². The molecular weight excluding hydrogens is 426 g/mol. The zero-order valence-electron chi connectivity index (χ0n) is 15.6. The van der Waals surface area contributed by atoms with Crippen LogP contribution >= 0.6 is 15.9 Å². The highest BCUT2D eigenvalue weighted by Crippen LogP contribution is 2.33. The lowest BCUT2D eigenvalue weighted by atomic mass is 10.1. The lowest BCUT2D eigenvalue weighted by Crippen LogP contribution is -2.37. The van der Waals surface area contributed by atoms with Gasteiger partial charge in [0.15, 0.2) is 17.1 Å². The van der Waals surface area contributed by atoms with Gasteiger partial charge in [0, 0.05) is 24.0 Å². The second kappa shape index (κ2) is 7.81. The summed E-state index contributed by atoms with van der Waals surface area (Å²) in [4.78, 5) is 19.4. The number of pyridine rings is 1. The van der Waals surface area contributed by atoms with Crippen LogP contribution in [0.2, 0.25) is 0 Å². The van der Waals surface area contributed by atoms with Crippen LogP contribution in [0, 0.1) is 6.92 Å². The van der Waals surface area contributed by atoms with Gasteiger partial charge in [-0.05, 0) is 35.0 Å². The summed E-state index contributed by atoms with van der Waals surface area (Å²) in [7, 11) is 1.57. The molecule has 3 aromatic rings. The molecular formula is C20H20BrN3O4. The average molecular weight is 446 g/mol. The Hall–Kier alpha value is -2.58. The van der Waals surface area contributed by atoms with E-state index >= 15 is 0 Å². The number of benzene rings is 1. The van der Waals surface area contributed by atoms with Crippen molar-refractivity contribution in [2.45, 2.75) is 6.92 Å². The molecule has 1 saturated heterocycles. The number of aromatic nitrogens is 1. The van der Waals surface area contributed by atoms with Crippen molar-refractivity contribution < 1.29 is 18.7 Å². The molecule has 28 heavy (non-hydrogen) atoms. The fourth-order valence-corrected chi connectivity index (χ4v) is 3.89. The lowest BCUT2D eigenvalue weighted by Gasteiger charge is -2.28. The molecule has 0 spiro atoms. The Labute approximate surface area is 170 Å². The third kappa shape index (κ3) is 3.45. The number of ether oxygens (including phenoxy) is 2. The Morgan fingerprint density at radius 3 is 2.82 bits per heavy atom. The number of methoxy groups -OCH3 is 1. The lowest BCUT2D eigenvalue weighted by molar-refractivity contribution is 0.0997. The molecule has 146 valence electrons. The van der Waals surface area contributed by atoms with Gasteiger partial charge in [-0.25, -0.2) is 4.98 Å². The Kier molecular flexibility index (Phi) is 5.23. The van der Waals surface area contributed by atoms with Crippen LogP contribution in [0.1, 0.15) is 16.1 Å². The number of carbonyl (C=O) groups excluding carboxylic acids is 1. The Morgan fingerprint density at radius 2 is 2.11 bits per heavy atom. The summed E-state index contributed by atoms with van der Waals surface area (Å²) in [5, 5.41) is 3.71. The van der Waals surface area contributed by atoms with E-state index in [1.54, 1.807) is 19.4 Å². The first-order valence-electron chi connectivity index (χ1n) is 8.94. The van der Waals surface area contributed by atoms with Gasteiger partial charge in [0.1, 0.15) is 5.82 Å². The molecule has 0 saturated carbocycles. The van der Waals surface area contributed by atoms with E-state index in [1.807, 2.05) is 25.1 Å². The van der Waals surface area contributed by atoms with E-state index in [2.05, 4.69) is 31.1 Å². The van der Waals surface area contributed by atoms with Crippen molar-refractivity contribution in [1.82, 2.24) is 4.98 Å². The predicted octanol–water partition coefficient (Wildman–Crippen LogP) is 4.00. The molecule has 8 heteroatoms. The molecule has 1 fully saturated rings. The van der Waals surface area contributed by atoms with E-state index in [9.17, 15) is 4.79 Å². The number of furan rings is 1. The van der Waals surface area contributed by atoms with E-state index in [0.717, 1.165) is 34.3 Å². The monoisotopic (exact) mass is 445 g/mol. The largest absolute Gasteiger partial charge is 0.493 e. The minimum absolute atomic E-state index is 0.257. The number of hydrogen-bond acceptors (Lipinski definition) is 6. The first-order valence-corrected chi connectivity index (χ1v) is 9.73. The van der Waals surface area contributed by atoms with E-state index in [0.29, 0.717) is 30.2 Å². The average Bonchev–Trinajstić information content (AvgIpc) is 3.06. The quantitative estimate of drug-likeness (QED) is 0.653. The fourth-order valence-electron chi connectivity index (χ4n) is 3.29. The van der Waals surface area contributed by atoms with E-state index in [1.165, 1.54) is 0 Å². The maximum Gasteiger partial charge on any atom is 0.291 e. The van der Waals surface area contributed by atoms with Crippen LogP contribution in [0.5, 0.6) is 5.75 Å². The molecule has 0 aliphatic carbocycles. The van der Waals surface area contributed by atoms with Gasteiger partial charge in [0.05, 0.1) is 36.7 Å². The zero-order chi connectivity index (χ0) is 19.7. The predicted molar refractivity (Wildman–Crippen MR) is 110 cm³/mol. The van der Waals surface area contributed by atoms with E-state index in [4.69, 9.17) is 13.9 Å². The first-order chi connectivity index (χ1) is 13.6. The van der Waals surface area contributed by atoms with Gasteiger partial charge in [0.2, 0.25) is 0 Å². The molecule has 4 rings (SSSR count). The fraction of sp³-hybridized carbons (Fsp3) is 0.300. The molecule has 0 bridgehead atoms. The van der Waals surface area contributed by atoms with E-state index in [-0.39, 0.29) is 11.7 Å². The maximum atomic E-state index is 12.8. The number of amides is 1. The minimum Gasteiger partial charge on any atom is -0.493 e. The number of fused-ring (bicyclic) bond motifs is 1. The van der Waals surface area contributed by atoms with Crippen molar-refractivity contribution in [3.05, 3.63) is 46.3 Å². The van der Waals surface area contributed by atoms with Crippen LogP contribution in [0.4, 0.5) is 11.5 Å². The number of halogens is 1. The summed E-state index contributed by atoms with van der Waals surface area (Å²) >= 11 is 3.55. The van der Waals surface area contributed by atoms with Gasteiger partial charge >= 0.3 is 0 Å². The topological polar surface area (TPSA) is 76.8 Å². The molecule has 7 nitrogen and oxygen atoms in total. The normalized spacial score (nSPS) is 14.3. The second-order valence-electron chi connectivity index (χ2n) is 6.48. The van der Waals surface area contributed by atoms with Gasteiger partial charge in [-0.2, -0.15) is 0 Å². The van der Waals surface area contributed by atoms with Crippen LogP contribution in [0.3, 0.4) is 0 Å². The number of rotatable bonds is 4. The Bertz CT molecular complexity index is 1030. The molecule has 1 aliphatic heterocycles. The van der Waals surface area contributed by atoms with Crippen molar-refractivity contribution in [3.8, 4) is 5.75 Å². The SMILES string of the molecule is COc1cccc2c(C)c(C(=O)Nc3cnc(N4CCOCC4)c(Br)c3)oc12. The summed E-state index contributed by atoms with van der Waals surface area (Å²) < 4.78 is 17.3. The highest BCUT2D eigenvalue weighted by atomic mass is 79.9. The number of para-hydroxylation sites is 1. The van der Waals surface area contributed by atoms with Gasteiger partial charge < -0.3 is 24.1 Å². The molecule has 0 atom stereocenters. The molecule has 2 aromatic heterocycles. The Morgan fingerprint density at radius 1 is 1.32 bits per heavy atom.